The highest BCUT2D eigenvalue weighted by Gasteiger charge is 2.20. The lowest BCUT2D eigenvalue weighted by molar-refractivity contribution is -0.130. The molecule has 0 radical (unpaired) electrons. The third-order valence-corrected chi connectivity index (χ3v) is 5.26. The van der Waals surface area contributed by atoms with Crippen molar-refractivity contribution in [1.82, 2.24) is 9.80 Å². The highest BCUT2D eigenvalue weighted by atomic mass is 35.5. The molecule has 0 saturated carbocycles. The molecule has 3 rings (SSSR count). The molecule has 1 amide bonds. The third-order valence-electron chi connectivity index (χ3n) is 4.90. The third kappa shape index (κ3) is 4.83. The van der Waals surface area contributed by atoms with E-state index in [-0.39, 0.29) is 5.91 Å². The first-order valence-electron chi connectivity index (χ1n) is 8.91. The molecule has 2 aromatic carbocycles. The van der Waals surface area contributed by atoms with Crippen molar-refractivity contribution in [3.8, 4) is 0 Å². The van der Waals surface area contributed by atoms with Gasteiger partial charge in [0.2, 0.25) is 5.91 Å². The van der Waals surface area contributed by atoms with Crippen molar-refractivity contribution in [1.29, 1.82) is 0 Å². The van der Waals surface area contributed by atoms with Gasteiger partial charge in [0.1, 0.15) is 0 Å². The molecule has 0 N–H and O–H groups in total. The SMILES string of the molecule is Cc1ccccc1CN1CCCN(C(=O)Cc2ccccc2Cl)CC1. The van der Waals surface area contributed by atoms with Crippen molar-refractivity contribution in [2.24, 2.45) is 0 Å². The summed E-state index contributed by atoms with van der Waals surface area (Å²) in [6.45, 7) is 6.68. The summed E-state index contributed by atoms with van der Waals surface area (Å²) in [4.78, 5) is 17.1. The molecule has 1 aliphatic heterocycles. The van der Waals surface area contributed by atoms with Gasteiger partial charge < -0.3 is 4.90 Å². The van der Waals surface area contributed by atoms with Gasteiger partial charge in [0.05, 0.1) is 6.42 Å². The average molecular weight is 357 g/mol. The molecule has 0 atom stereocenters. The Morgan fingerprint density at radius 1 is 0.960 bits per heavy atom. The second kappa shape index (κ2) is 8.50. The van der Waals surface area contributed by atoms with E-state index in [0.717, 1.165) is 44.7 Å². The van der Waals surface area contributed by atoms with E-state index in [1.807, 2.05) is 29.2 Å². The first kappa shape index (κ1) is 18.0. The number of carbonyl (C=O) groups excluding carboxylic acids is 1. The maximum Gasteiger partial charge on any atom is 0.227 e. The molecule has 0 unspecified atom stereocenters. The molecule has 3 nitrogen and oxygen atoms in total. The van der Waals surface area contributed by atoms with E-state index >= 15 is 0 Å². The molecule has 0 aliphatic carbocycles. The summed E-state index contributed by atoms with van der Waals surface area (Å²) in [6.07, 6.45) is 1.40. The van der Waals surface area contributed by atoms with Crippen molar-refractivity contribution < 1.29 is 4.79 Å². The van der Waals surface area contributed by atoms with Gasteiger partial charge in [0.15, 0.2) is 0 Å². The second-order valence-electron chi connectivity index (χ2n) is 6.71. The zero-order chi connectivity index (χ0) is 17.6. The van der Waals surface area contributed by atoms with Crippen LogP contribution in [0.5, 0.6) is 0 Å². The molecule has 1 fully saturated rings. The highest BCUT2D eigenvalue weighted by Crippen LogP contribution is 2.17. The van der Waals surface area contributed by atoms with Gasteiger partial charge in [-0.25, -0.2) is 0 Å². The minimum atomic E-state index is 0.172. The summed E-state index contributed by atoms with van der Waals surface area (Å²) in [5.41, 5.74) is 3.62. The zero-order valence-electron chi connectivity index (χ0n) is 14.7. The smallest absolute Gasteiger partial charge is 0.227 e. The first-order chi connectivity index (χ1) is 12.1. The van der Waals surface area contributed by atoms with Gasteiger partial charge in [-0.1, -0.05) is 54.1 Å². The fourth-order valence-corrected chi connectivity index (χ4v) is 3.53. The lowest BCUT2D eigenvalue weighted by atomic mass is 10.1. The largest absolute Gasteiger partial charge is 0.341 e. The number of hydrogen-bond donors (Lipinski definition) is 0. The van der Waals surface area contributed by atoms with E-state index in [2.05, 4.69) is 36.1 Å². The summed E-state index contributed by atoms with van der Waals surface area (Å²) < 4.78 is 0. The molecular weight excluding hydrogens is 332 g/mol. The van der Waals surface area contributed by atoms with E-state index in [1.165, 1.54) is 11.1 Å². The Hall–Kier alpha value is -1.84. The standard InChI is InChI=1S/C21H25ClN2O/c1-17-7-2-3-9-19(17)16-23-11-6-12-24(14-13-23)21(25)15-18-8-4-5-10-20(18)22/h2-5,7-10H,6,11-16H2,1H3. The number of rotatable bonds is 4. The number of nitrogens with zero attached hydrogens (tertiary/aromatic N) is 2. The normalized spacial score (nSPS) is 15.8. The van der Waals surface area contributed by atoms with Gasteiger partial charge in [0.25, 0.3) is 0 Å². The van der Waals surface area contributed by atoms with Crippen molar-refractivity contribution in [3.63, 3.8) is 0 Å². The van der Waals surface area contributed by atoms with Crippen LogP contribution in [0.4, 0.5) is 0 Å². The van der Waals surface area contributed by atoms with Crippen LogP contribution in [0, 0.1) is 6.92 Å². The van der Waals surface area contributed by atoms with Crippen LogP contribution in [0.1, 0.15) is 23.1 Å². The average Bonchev–Trinajstić information content (AvgIpc) is 2.85. The quantitative estimate of drug-likeness (QED) is 0.828. The van der Waals surface area contributed by atoms with Crippen LogP contribution in [0.15, 0.2) is 48.5 Å². The van der Waals surface area contributed by atoms with Crippen molar-refractivity contribution in [2.75, 3.05) is 26.2 Å². The molecular formula is C21H25ClN2O. The Morgan fingerprint density at radius 3 is 2.44 bits per heavy atom. The van der Waals surface area contributed by atoms with Gasteiger partial charge in [-0.3, -0.25) is 9.69 Å². The molecule has 1 saturated heterocycles. The van der Waals surface area contributed by atoms with E-state index < -0.39 is 0 Å². The Balaban J connectivity index is 1.57. The molecule has 0 aromatic heterocycles. The number of amides is 1. The molecule has 0 bridgehead atoms. The summed E-state index contributed by atoms with van der Waals surface area (Å²) in [7, 11) is 0. The zero-order valence-corrected chi connectivity index (χ0v) is 15.5. The molecule has 25 heavy (non-hydrogen) atoms. The van der Waals surface area contributed by atoms with Gasteiger partial charge in [-0.2, -0.15) is 0 Å². The minimum absolute atomic E-state index is 0.172. The topological polar surface area (TPSA) is 23.6 Å². The van der Waals surface area contributed by atoms with Crippen LogP contribution >= 0.6 is 11.6 Å². The van der Waals surface area contributed by atoms with Gasteiger partial charge in [-0.15, -0.1) is 0 Å². The predicted molar refractivity (Wildman–Crippen MR) is 103 cm³/mol. The summed E-state index contributed by atoms with van der Waals surface area (Å²) >= 11 is 6.19. The van der Waals surface area contributed by atoms with E-state index in [4.69, 9.17) is 11.6 Å². The van der Waals surface area contributed by atoms with E-state index in [9.17, 15) is 4.79 Å². The summed E-state index contributed by atoms with van der Waals surface area (Å²) in [6, 6.07) is 16.1. The number of carbonyl (C=O) groups is 1. The number of hydrogen-bond acceptors (Lipinski definition) is 2. The Kier molecular flexibility index (Phi) is 6.11. The molecule has 1 heterocycles. The van der Waals surface area contributed by atoms with Gasteiger partial charge in [0, 0.05) is 37.7 Å². The number of aryl methyl sites for hydroxylation is 1. The van der Waals surface area contributed by atoms with E-state index in [0.29, 0.717) is 11.4 Å². The Morgan fingerprint density at radius 2 is 1.68 bits per heavy atom. The fourth-order valence-electron chi connectivity index (χ4n) is 3.32. The predicted octanol–water partition coefficient (Wildman–Crippen LogP) is 3.93. The van der Waals surface area contributed by atoms with Crippen LogP contribution < -0.4 is 0 Å². The molecule has 132 valence electrons. The molecule has 0 spiro atoms. The van der Waals surface area contributed by atoms with Crippen LogP contribution in [0.2, 0.25) is 5.02 Å². The maximum absolute atomic E-state index is 12.6. The summed E-state index contributed by atoms with van der Waals surface area (Å²) in [5, 5.41) is 0.673. The van der Waals surface area contributed by atoms with Gasteiger partial charge >= 0.3 is 0 Å². The van der Waals surface area contributed by atoms with Crippen LogP contribution in [-0.2, 0) is 17.8 Å². The lowest BCUT2D eigenvalue weighted by Crippen LogP contribution is -2.36. The van der Waals surface area contributed by atoms with Crippen LogP contribution in [0.3, 0.4) is 0 Å². The van der Waals surface area contributed by atoms with E-state index in [1.54, 1.807) is 0 Å². The molecule has 1 aliphatic rings. The highest BCUT2D eigenvalue weighted by molar-refractivity contribution is 6.31. The first-order valence-corrected chi connectivity index (χ1v) is 9.29. The lowest BCUT2D eigenvalue weighted by Gasteiger charge is -2.23. The second-order valence-corrected chi connectivity index (χ2v) is 7.11. The van der Waals surface area contributed by atoms with Crippen molar-refractivity contribution >= 4 is 17.5 Å². The number of benzene rings is 2. The Labute approximate surface area is 155 Å². The minimum Gasteiger partial charge on any atom is -0.341 e. The van der Waals surface area contributed by atoms with Crippen LogP contribution in [0.25, 0.3) is 0 Å². The monoisotopic (exact) mass is 356 g/mol. The fraction of sp³-hybridized carbons (Fsp3) is 0.381. The maximum atomic E-state index is 12.6. The van der Waals surface area contributed by atoms with Crippen molar-refractivity contribution in [3.05, 3.63) is 70.2 Å². The number of halogens is 1. The molecule has 4 heteroatoms. The van der Waals surface area contributed by atoms with Crippen LogP contribution in [-0.4, -0.2) is 41.9 Å². The molecule has 2 aromatic rings. The summed E-state index contributed by atoms with van der Waals surface area (Å²) in [5.74, 6) is 0.172. The van der Waals surface area contributed by atoms with Gasteiger partial charge in [-0.05, 0) is 36.1 Å². The van der Waals surface area contributed by atoms with Crippen molar-refractivity contribution in [2.45, 2.75) is 26.3 Å². The Bertz CT molecular complexity index is 731.